The molecule has 0 aliphatic carbocycles. The molecule has 2 aromatic rings. The average Bonchev–Trinajstić information content (AvgIpc) is 2.55. The Balaban J connectivity index is 1.87. The number of esters is 1. The SMILES string of the molecule is Cc1ccc(NC(=O)COC(=O)c2ccc(OC(C)C)cc2)c(Br)c1. The fourth-order valence-corrected chi connectivity index (χ4v) is 2.66. The second-order valence-electron chi connectivity index (χ2n) is 5.80. The number of nitrogens with one attached hydrogen (secondary N) is 1. The molecule has 0 bridgehead atoms. The summed E-state index contributed by atoms with van der Waals surface area (Å²) >= 11 is 3.38. The van der Waals surface area contributed by atoms with E-state index in [0.717, 1.165) is 10.0 Å². The van der Waals surface area contributed by atoms with E-state index in [2.05, 4.69) is 21.2 Å². The molecule has 2 aromatic carbocycles. The molecule has 25 heavy (non-hydrogen) atoms. The molecule has 0 atom stereocenters. The van der Waals surface area contributed by atoms with Crippen LogP contribution in [0.25, 0.3) is 0 Å². The predicted molar refractivity (Wildman–Crippen MR) is 100.0 cm³/mol. The molecule has 1 amide bonds. The van der Waals surface area contributed by atoms with Gasteiger partial charge in [-0.25, -0.2) is 4.79 Å². The number of hydrogen-bond donors (Lipinski definition) is 1. The summed E-state index contributed by atoms with van der Waals surface area (Å²) in [6.45, 7) is 5.44. The molecule has 0 spiro atoms. The first-order valence-corrected chi connectivity index (χ1v) is 8.64. The van der Waals surface area contributed by atoms with Crippen LogP contribution in [0.3, 0.4) is 0 Å². The number of amides is 1. The van der Waals surface area contributed by atoms with Crippen LogP contribution in [0.2, 0.25) is 0 Å². The Kier molecular flexibility index (Phi) is 6.58. The zero-order valence-corrected chi connectivity index (χ0v) is 15.9. The molecule has 0 unspecified atom stereocenters. The maximum atomic E-state index is 12.0. The summed E-state index contributed by atoms with van der Waals surface area (Å²) in [5, 5.41) is 2.69. The monoisotopic (exact) mass is 405 g/mol. The predicted octanol–water partition coefficient (Wildman–Crippen LogP) is 4.34. The molecule has 0 aliphatic rings. The minimum absolute atomic E-state index is 0.0580. The van der Waals surface area contributed by atoms with Crippen molar-refractivity contribution in [1.29, 1.82) is 0 Å². The van der Waals surface area contributed by atoms with Crippen molar-refractivity contribution in [3.05, 3.63) is 58.1 Å². The molecule has 0 aliphatic heterocycles. The zero-order chi connectivity index (χ0) is 18.4. The van der Waals surface area contributed by atoms with Gasteiger partial charge in [-0.2, -0.15) is 0 Å². The lowest BCUT2D eigenvalue weighted by Gasteiger charge is -2.10. The van der Waals surface area contributed by atoms with Gasteiger partial charge in [0.2, 0.25) is 0 Å². The molecule has 0 aromatic heterocycles. The number of carbonyl (C=O) groups excluding carboxylic acids is 2. The Morgan fingerprint density at radius 3 is 2.40 bits per heavy atom. The molecule has 0 fully saturated rings. The third-order valence-electron chi connectivity index (χ3n) is 3.19. The fraction of sp³-hybridized carbons (Fsp3) is 0.263. The number of ether oxygens (including phenoxy) is 2. The Labute approximate surface area is 155 Å². The summed E-state index contributed by atoms with van der Waals surface area (Å²) in [6.07, 6.45) is 0.0580. The van der Waals surface area contributed by atoms with E-state index in [1.165, 1.54) is 0 Å². The smallest absolute Gasteiger partial charge is 0.338 e. The van der Waals surface area contributed by atoms with Gasteiger partial charge < -0.3 is 14.8 Å². The van der Waals surface area contributed by atoms with Crippen molar-refractivity contribution in [1.82, 2.24) is 0 Å². The molecule has 5 nitrogen and oxygen atoms in total. The highest BCUT2D eigenvalue weighted by molar-refractivity contribution is 9.10. The van der Waals surface area contributed by atoms with Gasteiger partial charge >= 0.3 is 5.97 Å². The van der Waals surface area contributed by atoms with Crippen LogP contribution in [-0.4, -0.2) is 24.6 Å². The normalized spacial score (nSPS) is 10.4. The number of aryl methyl sites for hydroxylation is 1. The molecule has 0 radical (unpaired) electrons. The van der Waals surface area contributed by atoms with Gasteiger partial charge in [-0.05, 0) is 78.7 Å². The van der Waals surface area contributed by atoms with Gasteiger partial charge in [-0.15, -0.1) is 0 Å². The van der Waals surface area contributed by atoms with Gasteiger partial charge in [0.1, 0.15) is 5.75 Å². The first kappa shape index (κ1) is 19.0. The number of halogens is 1. The van der Waals surface area contributed by atoms with Crippen LogP contribution in [-0.2, 0) is 9.53 Å². The third kappa shape index (κ3) is 5.90. The minimum atomic E-state index is -0.561. The van der Waals surface area contributed by atoms with Crippen molar-refractivity contribution >= 4 is 33.5 Å². The highest BCUT2D eigenvalue weighted by Gasteiger charge is 2.12. The number of anilines is 1. The van der Waals surface area contributed by atoms with Gasteiger partial charge in [0.05, 0.1) is 17.4 Å². The van der Waals surface area contributed by atoms with Crippen molar-refractivity contribution in [3.63, 3.8) is 0 Å². The molecule has 0 saturated carbocycles. The molecule has 0 saturated heterocycles. The highest BCUT2D eigenvalue weighted by Crippen LogP contribution is 2.23. The zero-order valence-electron chi connectivity index (χ0n) is 14.3. The van der Waals surface area contributed by atoms with Crippen LogP contribution >= 0.6 is 15.9 Å². The van der Waals surface area contributed by atoms with Gasteiger partial charge in [-0.3, -0.25) is 4.79 Å². The first-order chi connectivity index (χ1) is 11.8. The molecular formula is C19H20BrNO4. The van der Waals surface area contributed by atoms with E-state index in [-0.39, 0.29) is 12.7 Å². The highest BCUT2D eigenvalue weighted by atomic mass is 79.9. The average molecular weight is 406 g/mol. The van der Waals surface area contributed by atoms with E-state index < -0.39 is 11.9 Å². The van der Waals surface area contributed by atoms with Crippen molar-refractivity contribution in [2.45, 2.75) is 26.9 Å². The summed E-state index contributed by atoms with van der Waals surface area (Å²) in [6, 6.07) is 12.2. The van der Waals surface area contributed by atoms with E-state index in [9.17, 15) is 9.59 Å². The summed E-state index contributed by atoms with van der Waals surface area (Å²) in [5.74, 6) is -0.291. The van der Waals surface area contributed by atoms with E-state index in [4.69, 9.17) is 9.47 Å². The fourth-order valence-electron chi connectivity index (χ4n) is 2.06. The Bertz CT molecular complexity index is 757. The van der Waals surface area contributed by atoms with E-state index in [1.807, 2.05) is 32.9 Å². The molecular weight excluding hydrogens is 386 g/mol. The Morgan fingerprint density at radius 1 is 1.12 bits per heavy atom. The summed E-state index contributed by atoms with van der Waals surface area (Å²) < 4.78 is 11.3. The summed E-state index contributed by atoms with van der Waals surface area (Å²) in [5.41, 5.74) is 2.06. The number of carbonyl (C=O) groups is 2. The van der Waals surface area contributed by atoms with Crippen LogP contribution in [0.4, 0.5) is 5.69 Å². The maximum absolute atomic E-state index is 12.0. The van der Waals surface area contributed by atoms with Crippen LogP contribution < -0.4 is 10.1 Å². The van der Waals surface area contributed by atoms with Gasteiger partial charge in [-0.1, -0.05) is 6.07 Å². The Hall–Kier alpha value is -2.34. The van der Waals surface area contributed by atoms with Crippen LogP contribution in [0.5, 0.6) is 5.75 Å². The molecule has 2 rings (SSSR count). The van der Waals surface area contributed by atoms with Gasteiger partial charge in [0.25, 0.3) is 5.91 Å². The largest absolute Gasteiger partial charge is 0.491 e. The minimum Gasteiger partial charge on any atom is -0.491 e. The molecule has 1 N–H and O–H groups in total. The second-order valence-corrected chi connectivity index (χ2v) is 6.65. The molecule has 6 heteroatoms. The van der Waals surface area contributed by atoms with Crippen molar-refractivity contribution < 1.29 is 19.1 Å². The number of hydrogen-bond acceptors (Lipinski definition) is 4. The lowest BCUT2D eigenvalue weighted by atomic mass is 10.2. The van der Waals surface area contributed by atoms with Crippen LogP contribution in [0.15, 0.2) is 46.9 Å². The lowest BCUT2D eigenvalue weighted by Crippen LogP contribution is -2.21. The van der Waals surface area contributed by atoms with E-state index >= 15 is 0 Å². The molecule has 0 heterocycles. The number of benzene rings is 2. The topological polar surface area (TPSA) is 64.6 Å². The number of rotatable bonds is 6. The molecule has 132 valence electrons. The van der Waals surface area contributed by atoms with Crippen molar-refractivity contribution in [2.24, 2.45) is 0 Å². The standard InChI is InChI=1S/C19H20BrNO4/c1-12(2)25-15-7-5-14(6-8-15)19(23)24-11-18(22)21-17-9-4-13(3)10-16(17)20/h4-10,12H,11H2,1-3H3,(H,21,22). The van der Waals surface area contributed by atoms with Crippen molar-refractivity contribution in [3.8, 4) is 5.75 Å². The second kappa shape index (κ2) is 8.67. The van der Waals surface area contributed by atoms with Gasteiger partial charge in [0, 0.05) is 4.47 Å². The lowest BCUT2D eigenvalue weighted by molar-refractivity contribution is -0.119. The van der Waals surface area contributed by atoms with Crippen LogP contribution in [0, 0.1) is 6.92 Å². The quantitative estimate of drug-likeness (QED) is 0.725. The summed E-state index contributed by atoms with van der Waals surface area (Å²) in [7, 11) is 0. The third-order valence-corrected chi connectivity index (χ3v) is 3.85. The van der Waals surface area contributed by atoms with Crippen molar-refractivity contribution in [2.75, 3.05) is 11.9 Å². The van der Waals surface area contributed by atoms with E-state index in [0.29, 0.717) is 17.0 Å². The van der Waals surface area contributed by atoms with Gasteiger partial charge in [0.15, 0.2) is 6.61 Å². The van der Waals surface area contributed by atoms with Crippen LogP contribution in [0.1, 0.15) is 29.8 Å². The maximum Gasteiger partial charge on any atom is 0.338 e. The summed E-state index contributed by atoms with van der Waals surface area (Å²) in [4.78, 5) is 23.9. The van der Waals surface area contributed by atoms with E-state index in [1.54, 1.807) is 30.3 Å². The Morgan fingerprint density at radius 2 is 1.80 bits per heavy atom. The first-order valence-electron chi connectivity index (χ1n) is 7.85.